The Bertz CT molecular complexity index is 236. The van der Waals surface area contributed by atoms with Gasteiger partial charge in [0.25, 0.3) is 10.2 Å². The van der Waals surface area contributed by atoms with E-state index in [1.165, 1.54) is 4.31 Å². The zero-order valence-electron chi connectivity index (χ0n) is 5.58. The minimum Gasteiger partial charge on any atom is -0.195 e. The van der Waals surface area contributed by atoms with E-state index in [-0.39, 0.29) is 6.17 Å². The van der Waals surface area contributed by atoms with Crippen molar-refractivity contribution in [1.29, 1.82) is 0 Å². The largest absolute Gasteiger partial charge is 0.282 e. The minimum absolute atomic E-state index is 0.124. The first-order valence-corrected chi connectivity index (χ1v) is 4.93. The molecular weight excluding hydrogens is 152 g/mol. The van der Waals surface area contributed by atoms with Crippen LogP contribution in [0.4, 0.5) is 0 Å². The number of hydrogen-bond donors (Lipinski definition) is 1. The molecule has 4 nitrogen and oxygen atoms in total. The van der Waals surface area contributed by atoms with Crippen LogP contribution in [-0.4, -0.2) is 25.4 Å². The molecule has 0 saturated carbocycles. The lowest BCUT2D eigenvalue weighted by Gasteiger charge is -2.43. The van der Waals surface area contributed by atoms with Crippen molar-refractivity contribution in [1.82, 2.24) is 9.03 Å². The molecule has 5 heteroatoms. The normalized spacial score (nSPS) is 38.2. The molecular formula is C5H10N2O2S. The van der Waals surface area contributed by atoms with Crippen LogP contribution in [0.25, 0.3) is 0 Å². The molecule has 2 rings (SSSR count). The predicted octanol–water partition coefficient (Wildman–Crippen LogP) is -0.354. The van der Waals surface area contributed by atoms with Gasteiger partial charge in [0.2, 0.25) is 0 Å². The predicted molar refractivity (Wildman–Crippen MR) is 36.4 cm³/mol. The summed E-state index contributed by atoms with van der Waals surface area (Å²) < 4.78 is 25.8. The lowest BCUT2D eigenvalue weighted by Crippen LogP contribution is -2.66. The van der Waals surface area contributed by atoms with E-state index in [2.05, 4.69) is 4.72 Å². The quantitative estimate of drug-likeness (QED) is 0.529. The van der Waals surface area contributed by atoms with Crippen molar-refractivity contribution in [3.05, 3.63) is 0 Å². The maximum absolute atomic E-state index is 10.9. The maximum Gasteiger partial charge on any atom is 0.282 e. The van der Waals surface area contributed by atoms with E-state index < -0.39 is 10.2 Å². The number of rotatable bonds is 0. The molecule has 2 aliphatic rings. The van der Waals surface area contributed by atoms with Gasteiger partial charge in [0, 0.05) is 6.54 Å². The molecule has 2 fully saturated rings. The fourth-order valence-electron chi connectivity index (χ4n) is 1.50. The molecule has 10 heavy (non-hydrogen) atoms. The van der Waals surface area contributed by atoms with Gasteiger partial charge in [0.1, 0.15) is 0 Å². The molecule has 1 atom stereocenters. The van der Waals surface area contributed by atoms with Crippen molar-refractivity contribution < 1.29 is 8.42 Å². The Hall–Kier alpha value is -0.130. The Morgan fingerprint density at radius 1 is 1.40 bits per heavy atom. The van der Waals surface area contributed by atoms with Crippen LogP contribution in [0.15, 0.2) is 0 Å². The third kappa shape index (κ3) is 0.777. The molecule has 58 valence electrons. The molecule has 0 aromatic rings. The van der Waals surface area contributed by atoms with E-state index in [9.17, 15) is 8.42 Å². The van der Waals surface area contributed by atoms with Crippen molar-refractivity contribution in [3.63, 3.8) is 0 Å². The Morgan fingerprint density at radius 2 is 2.20 bits per heavy atom. The van der Waals surface area contributed by atoms with E-state index in [0.717, 1.165) is 19.3 Å². The van der Waals surface area contributed by atoms with Crippen LogP contribution in [-0.2, 0) is 10.2 Å². The van der Waals surface area contributed by atoms with E-state index in [1.54, 1.807) is 0 Å². The smallest absolute Gasteiger partial charge is 0.195 e. The average molecular weight is 162 g/mol. The summed E-state index contributed by atoms with van der Waals surface area (Å²) in [7, 11) is -3.00. The zero-order chi connectivity index (χ0) is 7.19. The molecule has 2 saturated heterocycles. The van der Waals surface area contributed by atoms with Gasteiger partial charge in [-0.1, -0.05) is 0 Å². The number of hydrogen-bond acceptors (Lipinski definition) is 2. The average Bonchev–Trinajstić information content (AvgIpc) is 1.86. The monoisotopic (exact) mass is 162 g/mol. The molecule has 2 heterocycles. The SMILES string of the molecule is O=S1(=O)NC2CCCCN21. The Morgan fingerprint density at radius 3 is 2.70 bits per heavy atom. The second-order valence-electron chi connectivity index (χ2n) is 2.75. The van der Waals surface area contributed by atoms with Crippen LogP contribution >= 0.6 is 0 Å². The first-order chi connectivity index (χ1) is 4.70. The first-order valence-electron chi connectivity index (χ1n) is 3.49. The molecule has 0 amide bonds. The summed E-state index contributed by atoms with van der Waals surface area (Å²) in [5, 5.41) is 0. The lowest BCUT2D eigenvalue weighted by molar-refractivity contribution is 0.188. The Balaban J connectivity index is 2.15. The number of piperidine rings is 1. The highest BCUT2D eigenvalue weighted by Crippen LogP contribution is 2.25. The molecule has 2 aliphatic heterocycles. The lowest BCUT2D eigenvalue weighted by atomic mass is 10.1. The van der Waals surface area contributed by atoms with Crippen molar-refractivity contribution in [3.8, 4) is 0 Å². The number of nitrogens with one attached hydrogen (secondary N) is 1. The topological polar surface area (TPSA) is 49.4 Å². The van der Waals surface area contributed by atoms with Gasteiger partial charge in [-0.05, 0) is 19.3 Å². The highest BCUT2D eigenvalue weighted by molar-refractivity contribution is 7.88. The summed E-state index contributed by atoms with van der Waals surface area (Å²) in [5.41, 5.74) is 0. The Labute approximate surface area is 60.4 Å². The molecule has 1 unspecified atom stereocenters. The van der Waals surface area contributed by atoms with Gasteiger partial charge >= 0.3 is 0 Å². The van der Waals surface area contributed by atoms with E-state index in [4.69, 9.17) is 0 Å². The molecule has 0 aliphatic carbocycles. The van der Waals surface area contributed by atoms with E-state index >= 15 is 0 Å². The van der Waals surface area contributed by atoms with Gasteiger partial charge in [0.15, 0.2) is 0 Å². The van der Waals surface area contributed by atoms with Gasteiger partial charge in [-0.15, -0.1) is 0 Å². The minimum atomic E-state index is -3.00. The van der Waals surface area contributed by atoms with E-state index in [0.29, 0.717) is 6.54 Å². The number of nitrogens with zero attached hydrogens (tertiary/aromatic N) is 1. The van der Waals surface area contributed by atoms with Crippen LogP contribution < -0.4 is 4.72 Å². The van der Waals surface area contributed by atoms with Crippen LogP contribution in [0.2, 0.25) is 0 Å². The standard InChI is InChI=1S/C5H10N2O2S/c8-10(9)6-5-3-1-2-4-7(5)10/h5-6H,1-4H2. The van der Waals surface area contributed by atoms with Gasteiger partial charge in [-0.25, -0.2) is 0 Å². The first kappa shape index (κ1) is 6.57. The van der Waals surface area contributed by atoms with Crippen molar-refractivity contribution >= 4 is 10.2 Å². The van der Waals surface area contributed by atoms with Gasteiger partial charge in [-0.2, -0.15) is 17.4 Å². The second-order valence-corrected chi connectivity index (χ2v) is 4.40. The second kappa shape index (κ2) is 1.93. The van der Waals surface area contributed by atoms with Gasteiger partial charge in [0.05, 0.1) is 6.17 Å². The van der Waals surface area contributed by atoms with Crippen molar-refractivity contribution in [2.24, 2.45) is 0 Å². The van der Waals surface area contributed by atoms with Crippen LogP contribution in [0.5, 0.6) is 0 Å². The summed E-state index contributed by atoms with van der Waals surface area (Å²) in [5.74, 6) is 0. The van der Waals surface area contributed by atoms with Crippen LogP contribution in [0.3, 0.4) is 0 Å². The molecule has 0 radical (unpaired) electrons. The molecule has 0 spiro atoms. The van der Waals surface area contributed by atoms with E-state index in [1.807, 2.05) is 0 Å². The summed E-state index contributed by atoms with van der Waals surface area (Å²) >= 11 is 0. The Kier molecular flexibility index (Phi) is 1.27. The summed E-state index contributed by atoms with van der Waals surface area (Å²) in [4.78, 5) is 0. The molecule has 0 aromatic carbocycles. The van der Waals surface area contributed by atoms with Gasteiger partial charge < -0.3 is 0 Å². The third-order valence-electron chi connectivity index (χ3n) is 2.05. The van der Waals surface area contributed by atoms with Crippen LogP contribution in [0, 0.1) is 0 Å². The number of fused-ring (bicyclic) bond motifs is 1. The van der Waals surface area contributed by atoms with Crippen LogP contribution in [0.1, 0.15) is 19.3 Å². The summed E-state index contributed by atoms with van der Waals surface area (Å²) in [6.07, 6.45) is 3.25. The summed E-state index contributed by atoms with van der Waals surface area (Å²) in [6, 6.07) is 0. The van der Waals surface area contributed by atoms with Crippen molar-refractivity contribution in [2.45, 2.75) is 25.4 Å². The highest BCUT2D eigenvalue weighted by atomic mass is 32.2. The van der Waals surface area contributed by atoms with Gasteiger partial charge in [-0.3, -0.25) is 0 Å². The third-order valence-corrected chi connectivity index (χ3v) is 3.67. The fraction of sp³-hybridized carbons (Fsp3) is 1.00. The maximum atomic E-state index is 10.9. The zero-order valence-corrected chi connectivity index (χ0v) is 6.39. The summed E-state index contributed by atoms with van der Waals surface area (Å²) in [6.45, 7) is 0.708. The molecule has 0 bridgehead atoms. The van der Waals surface area contributed by atoms with Crippen molar-refractivity contribution in [2.75, 3.05) is 6.54 Å². The molecule has 0 aromatic heterocycles. The fourth-order valence-corrected chi connectivity index (χ4v) is 2.93. The highest BCUT2D eigenvalue weighted by Gasteiger charge is 2.43. The molecule has 1 N–H and O–H groups in total.